The van der Waals surface area contributed by atoms with Gasteiger partial charge in [-0.2, -0.15) is 0 Å². The summed E-state index contributed by atoms with van der Waals surface area (Å²) in [6, 6.07) is -0.214. The van der Waals surface area contributed by atoms with E-state index in [-0.39, 0.29) is 6.03 Å². The van der Waals surface area contributed by atoms with Gasteiger partial charge in [0.1, 0.15) is 0 Å². The van der Waals surface area contributed by atoms with E-state index in [1.54, 1.807) is 12.3 Å². The molecule has 0 aromatic carbocycles. The Morgan fingerprint density at radius 1 is 1.35 bits per heavy atom. The molecule has 1 atom stereocenters. The van der Waals surface area contributed by atoms with Crippen LogP contribution in [0.5, 0.6) is 0 Å². The first-order valence-corrected chi connectivity index (χ1v) is 5.48. The minimum absolute atomic E-state index is 0.214. The van der Waals surface area contributed by atoms with Gasteiger partial charge in [0.05, 0.1) is 0 Å². The summed E-state index contributed by atoms with van der Waals surface area (Å²) in [5, 5.41) is 8.58. The van der Waals surface area contributed by atoms with E-state index in [0.717, 1.165) is 6.42 Å². The molecule has 6 nitrogen and oxygen atoms in total. The Bertz CT molecular complexity index is 378. The average molecular weight is 238 g/mol. The largest absolute Gasteiger partial charge is 0.507 e. The lowest BCUT2D eigenvalue weighted by Crippen LogP contribution is -2.45. The predicted octanol–water partition coefficient (Wildman–Crippen LogP) is 1.61. The third kappa shape index (κ3) is 2.58. The van der Waals surface area contributed by atoms with Crippen LogP contribution in [0.3, 0.4) is 0 Å². The van der Waals surface area contributed by atoms with E-state index in [4.69, 9.17) is 5.11 Å². The van der Waals surface area contributed by atoms with Crippen molar-refractivity contribution in [1.29, 1.82) is 0 Å². The third-order valence-corrected chi connectivity index (χ3v) is 2.74. The molecule has 92 valence electrons. The number of carboxylic acid groups (broad SMARTS) is 1. The minimum Gasteiger partial charge on any atom is -0.450 e. The Morgan fingerprint density at radius 2 is 2.18 bits per heavy atom. The van der Waals surface area contributed by atoms with Gasteiger partial charge in [0, 0.05) is 25.7 Å². The Labute approximate surface area is 98.7 Å². The van der Waals surface area contributed by atoms with E-state index in [2.05, 4.69) is 4.74 Å². The van der Waals surface area contributed by atoms with Crippen LogP contribution in [0.15, 0.2) is 24.4 Å². The van der Waals surface area contributed by atoms with Crippen LogP contribution in [-0.2, 0) is 4.74 Å². The molecular weight excluding hydrogens is 224 g/mol. The highest BCUT2D eigenvalue weighted by atomic mass is 16.7. The Morgan fingerprint density at radius 3 is 2.82 bits per heavy atom. The molecule has 2 rings (SSSR count). The van der Waals surface area contributed by atoms with Crippen molar-refractivity contribution in [2.24, 2.45) is 0 Å². The smallest absolute Gasteiger partial charge is 0.450 e. The van der Waals surface area contributed by atoms with Gasteiger partial charge in [-0.25, -0.2) is 9.59 Å². The Kier molecular flexibility index (Phi) is 3.32. The number of nitrogens with zero attached hydrogens (tertiary/aromatic N) is 2. The number of rotatable bonds is 1. The first kappa shape index (κ1) is 11.5. The SMILES string of the molecule is O=C(O)OC1CCCN1C(=O)N1C=CC=CC1. The van der Waals surface area contributed by atoms with Gasteiger partial charge in [-0.1, -0.05) is 12.2 Å². The van der Waals surface area contributed by atoms with Gasteiger partial charge in [-0.15, -0.1) is 0 Å². The van der Waals surface area contributed by atoms with E-state index < -0.39 is 12.4 Å². The molecule has 2 aliphatic heterocycles. The number of urea groups is 1. The molecule has 1 N–H and O–H groups in total. The topological polar surface area (TPSA) is 70.1 Å². The zero-order chi connectivity index (χ0) is 12.3. The van der Waals surface area contributed by atoms with Crippen molar-refractivity contribution in [3.8, 4) is 0 Å². The molecule has 1 saturated heterocycles. The Hall–Kier alpha value is -1.98. The van der Waals surface area contributed by atoms with Crippen LogP contribution < -0.4 is 0 Å². The van der Waals surface area contributed by atoms with Crippen LogP contribution in [-0.4, -0.2) is 46.4 Å². The molecule has 0 radical (unpaired) electrons. The van der Waals surface area contributed by atoms with Gasteiger partial charge in [-0.05, 0) is 12.5 Å². The van der Waals surface area contributed by atoms with Gasteiger partial charge >= 0.3 is 12.2 Å². The van der Waals surface area contributed by atoms with Crippen molar-refractivity contribution in [3.05, 3.63) is 24.4 Å². The zero-order valence-corrected chi connectivity index (χ0v) is 9.28. The molecule has 1 fully saturated rings. The summed E-state index contributed by atoms with van der Waals surface area (Å²) in [6.07, 6.45) is 6.49. The summed E-state index contributed by atoms with van der Waals surface area (Å²) in [6.45, 7) is 1.04. The van der Waals surface area contributed by atoms with Gasteiger partial charge in [0.15, 0.2) is 6.23 Å². The highest BCUT2D eigenvalue weighted by Gasteiger charge is 2.33. The third-order valence-electron chi connectivity index (χ3n) is 2.74. The molecule has 17 heavy (non-hydrogen) atoms. The fraction of sp³-hybridized carbons (Fsp3) is 0.455. The van der Waals surface area contributed by atoms with Crippen LogP contribution in [0, 0.1) is 0 Å². The van der Waals surface area contributed by atoms with Crippen molar-refractivity contribution >= 4 is 12.2 Å². The first-order chi connectivity index (χ1) is 8.18. The van der Waals surface area contributed by atoms with Gasteiger partial charge in [0.25, 0.3) is 0 Å². The van der Waals surface area contributed by atoms with Crippen molar-refractivity contribution in [2.45, 2.75) is 19.1 Å². The maximum absolute atomic E-state index is 12.1. The van der Waals surface area contributed by atoms with Gasteiger partial charge in [-0.3, -0.25) is 9.80 Å². The van der Waals surface area contributed by atoms with Crippen LogP contribution in [0.25, 0.3) is 0 Å². The fourth-order valence-corrected chi connectivity index (χ4v) is 1.97. The molecular formula is C11H14N2O4. The Balaban J connectivity index is 2.00. The van der Waals surface area contributed by atoms with Crippen molar-refractivity contribution in [2.75, 3.05) is 13.1 Å². The number of likely N-dealkylation sites (tertiary alicyclic amines) is 1. The molecule has 6 heteroatoms. The number of hydrogen-bond acceptors (Lipinski definition) is 3. The van der Waals surface area contributed by atoms with Crippen LogP contribution in [0.2, 0.25) is 0 Å². The van der Waals surface area contributed by atoms with Gasteiger partial charge < -0.3 is 9.84 Å². The van der Waals surface area contributed by atoms with Crippen LogP contribution in [0.4, 0.5) is 9.59 Å². The molecule has 2 heterocycles. The molecule has 1 unspecified atom stereocenters. The highest BCUT2D eigenvalue weighted by Crippen LogP contribution is 2.20. The van der Waals surface area contributed by atoms with E-state index >= 15 is 0 Å². The normalized spacial score (nSPS) is 22.9. The number of amides is 2. The maximum Gasteiger partial charge on any atom is 0.507 e. The van der Waals surface area contributed by atoms with Crippen molar-refractivity contribution < 1.29 is 19.4 Å². The van der Waals surface area contributed by atoms with E-state index in [1.807, 2.05) is 12.2 Å². The summed E-state index contributed by atoms with van der Waals surface area (Å²) in [5.41, 5.74) is 0. The lowest BCUT2D eigenvalue weighted by atomic mass is 10.3. The second-order valence-electron chi connectivity index (χ2n) is 3.88. The van der Waals surface area contributed by atoms with E-state index in [0.29, 0.717) is 19.5 Å². The molecule has 0 bridgehead atoms. The maximum atomic E-state index is 12.1. The number of allylic oxidation sites excluding steroid dienone is 2. The molecule has 2 amide bonds. The summed E-state index contributed by atoms with van der Waals surface area (Å²) in [4.78, 5) is 25.6. The second kappa shape index (κ2) is 4.90. The molecule has 0 aliphatic carbocycles. The monoisotopic (exact) mass is 238 g/mol. The fourth-order valence-electron chi connectivity index (χ4n) is 1.97. The van der Waals surface area contributed by atoms with Crippen LogP contribution in [0.1, 0.15) is 12.8 Å². The summed E-state index contributed by atoms with van der Waals surface area (Å²) >= 11 is 0. The van der Waals surface area contributed by atoms with Gasteiger partial charge in [0.2, 0.25) is 0 Å². The zero-order valence-electron chi connectivity index (χ0n) is 9.28. The van der Waals surface area contributed by atoms with Crippen molar-refractivity contribution in [1.82, 2.24) is 9.80 Å². The lowest BCUT2D eigenvalue weighted by molar-refractivity contribution is -0.00102. The summed E-state index contributed by atoms with van der Waals surface area (Å²) in [5.74, 6) is 0. The average Bonchev–Trinajstić information content (AvgIpc) is 2.76. The highest BCUT2D eigenvalue weighted by molar-refractivity contribution is 5.76. The molecule has 2 aliphatic rings. The lowest BCUT2D eigenvalue weighted by Gasteiger charge is -2.29. The molecule has 0 saturated carbocycles. The number of carbonyl (C=O) groups excluding carboxylic acids is 1. The molecule has 0 aromatic heterocycles. The first-order valence-electron chi connectivity index (χ1n) is 5.48. The number of ether oxygens (including phenoxy) is 1. The van der Waals surface area contributed by atoms with E-state index in [1.165, 1.54) is 9.80 Å². The van der Waals surface area contributed by atoms with Crippen LogP contribution >= 0.6 is 0 Å². The second-order valence-corrected chi connectivity index (χ2v) is 3.88. The van der Waals surface area contributed by atoms with Crippen molar-refractivity contribution in [3.63, 3.8) is 0 Å². The number of carbonyl (C=O) groups is 2. The quantitative estimate of drug-likeness (QED) is 0.704. The predicted molar refractivity (Wildman–Crippen MR) is 59.2 cm³/mol. The van der Waals surface area contributed by atoms with E-state index in [9.17, 15) is 9.59 Å². The molecule has 0 aromatic rings. The standard InChI is InChI=1S/C11H14N2O4/c14-10(12-6-2-1-3-7-12)13-8-4-5-9(13)17-11(15)16/h1-3,6,9H,4-5,7-8H2,(H,15,16). The number of hydrogen-bond donors (Lipinski definition) is 1. The minimum atomic E-state index is -1.34. The molecule has 0 spiro atoms. The summed E-state index contributed by atoms with van der Waals surface area (Å²) in [7, 11) is 0. The summed E-state index contributed by atoms with van der Waals surface area (Å²) < 4.78 is 4.69.